The number of carbonyl (C=O) groups excluding carboxylic acids is 1. The topological polar surface area (TPSA) is 92.1 Å². The second-order valence-corrected chi connectivity index (χ2v) is 9.05. The predicted octanol–water partition coefficient (Wildman–Crippen LogP) is 2.69. The van der Waals surface area contributed by atoms with Gasteiger partial charge in [0.15, 0.2) is 0 Å². The fourth-order valence-corrected chi connectivity index (χ4v) is 5.21. The zero-order valence-corrected chi connectivity index (χ0v) is 17.2. The molecule has 2 aromatic rings. The smallest absolute Gasteiger partial charge is 0.254 e. The van der Waals surface area contributed by atoms with Crippen LogP contribution < -0.4 is 5.56 Å². The van der Waals surface area contributed by atoms with Crippen LogP contribution in [-0.4, -0.2) is 39.0 Å². The number of aromatic amines is 1. The number of likely N-dealkylation sites (tertiary alicyclic amines) is 1. The van der Waals surface area contributed by atoms with Crippen LogP contribution in [0.15, 0.2) is 9.32 Å². The minimum Gasteiger partial charge on any atom is -0.361 e. The van der Waals surface area contributed by atoms with Gasteiger partial charge in [-0.1, -0.05) is 5.16 Å². The summed E-state index contributed by atoms with van der Waals surface area (Å²) >= 11 is 0. The molecule has 1 aliphatic heterocycles. The van der Waals surface area contributed by atoms with E-state index >= 15 is 0 Å². The van der Waals surface area contributed by atoms with Crippen molar-refractivity contribution in [2.45, 2.75) is 76.5 Å². The summed E-state index contributed by atoms with van der Waals surface area (Å²) < 4.78 is 5.22. The van der Waals surface area contributed by atoms with E-state index in [0.29, 0.717) is 25.3 Å². The molecule has 7 heteroatoms. The Morgan fingerprint density at radius 1 is 1.31 bits per heavy atom. The van der Waals surface area contributed by atoms with Gasteiger partial charge in [0.25, 0.3) is 5.56 Å². The van der Waals surface area contributed by atoms with Crippen molar-refractivity contribution < 1.29 is 9.32 Å². The number of piperidine rings is 1. The van der Waals surface area contributed by atoms with E-state index in [4.69, 9.17) is 9.51 Å². The SMILES string of the molecule is Cc1noc(C)c1CCC(=O)N1CCCC2(CCc3c2nc(C2CC2)[nH]c3=O)C1. The molecule has 1 atom stereocenters. The van der Waals surface area contributed by atoms with Crippen LogP contribution in [0, 0.1) is 13.8 Å². The van der Waals surface area contributed by atoms with Crippen LogP contribution in [0.4, 0.5) is 0 Å². The van der Waals surface area contributed by atoms with Crippen LogP contribution in [-0.2, 0) is 23.1 Å². The molecule has 1 amide bonds. The Labute approximate surface area is 169 Å². The number of hydrogen-bond acceptors (Lipinski definition) is 5. The zero-order chi connectivity index (χ0) is 20.2. The average Bonchev–Trinajstić information content (AvgIpc) is 3.44. The number of nitrogens with one attached hydrogen (secondary N) is 1. The highest BCUT2D eigenvalue weighted by Gasteiger charge is 2.46. The lowest BCUT2D eigenvalue weighted by atomic mass is 9.77. The van der Waals surface area contributed by atoms with Gasteiger partial charge in [0, 0.05) is 42.0 Å². The fraction of sp³-hybridized carbons (Fsp3) is 0.636. The van der Waals surface area contributed by atoms with Gasteiger partial charge >= 0.3 is 0 Å². The van der Waals surface area contributed by atoms with E-state index in [2.05, 4.69) is 10.1 Å². The second-order valence-electron chi connectivity index (χ2n) is 9.05. The third-order valence-corrected chi connectivity index (χ3v) is 7.05. The number of carbonyl (C=O) groups is 1. The van der Waals surface area contributed by atoms with Crippen molar-refractivity contribution in [3.05, 3.63) is 44.5 Å². The van der Waals surface area contributed by atoms with Crippen molar-refractivity contribution >= 4 is 5.91 Å². The van der Waals surface area contributed by atoms with Crippen molar-refractivity contribution in [3.63, 3.8) is 0 Å². The Kier molecular flexibility index (Phi) is 4.37. The van der Waals surface area contributed by atoms with Gasteiger partial charge in [-0.2, -0.15) is 0 Å². The van der Waals surface area contributed by atoms with Crippen LogP contribution >= 0.6 is 0 Å². The van der Waals surface area contributed by atoms with Gasteiger partial charge in [-0.05, 0) is 58.8 Å². The molecule has 29 heavy (non-hydrogen) atoms. The summed E-state index contributed by atoms with van der Waals surface area (Å²) in [4.78, 5) is 35.6. The third-order valence-electron chi connectivity index (χ3n) is 7.05. The summed E-state index contributed by atoms with van der Waals surface area (Å²) in [5.41, 5.74) is 3.62. The van der Waals surface area contributed by atoms with E-state index in [9.17, 15) is 9.59 Å². The lowest BCUT2D eigenvalue weighted by Gasteiger charge is -2.40. The molecule has 2 aliphatic carbocycles. The molecular formula is C22H28N4O3. The molecule has 154 valence electrons. The summed E-state index contributed by atoms with van der Waals surface area (Å²) in [5, 5.41) is 3.98. The second kappa shape index (κ2) is 6.82. The number of H-pyrrole nitrogens is 1. The Morgan fingerprint density at radius 3 is 2.86 bits per heavy atom. The van der Waals surface area contributed by atoms with Crippen molar-refractivity contribution in [2.24, 2.45) is 0 Å². The normalized spacial score (nSPS) is 23.6. The first-order valence-corrected chi connectivity index (χ1v) is 10.8. The molecule has 1 spiro atoms. The summed E-state index contributed by atoms with van der Waals surface area (Å²) in [6.07, 6.45) is 7.00. The van der Waals surface area contributed by atoms with Gasteiger partial charge in [-0.25, -0.2) is 4.98 Å². The molecule has 1 unspecified atom stereocenters. The van der Waals surface area contributed by atoms with E-state index in [0.717, 1.165) is 79.2 Å². The summed E-state index contributed by atoms with van der Waals surface area (Å²) in [7, 11) is 0. The number of aryl methyl sites for hydroxylation is 2. The van der Waals surface area contributed by atoms with Crippen molar-refractivity contribution in [1.29, 1.82) is 0 Å². The first kappa shape index (κ1) is 18.6. The fourth-order valence-electron chi connectivity index (χ4n) is 5.21. The molecule has 3 aliphatic rings. The highest BCUT2D eigenvalue weighted by Crippen LogP contribution is 2.45. The van der Waals surface area contributed by atoms with Crippen molar-refractivity contribution in [1.82, 2.24) is 20.0 Å². The number of fused-ring (bicyclic) bond motifs is 2. The van der Waals surface area contributed by atoms with Crippen LogP contribution in [0.1, 0.15) is 78.5 Å². The van der Waals surface area contributed by atoms with Gasteiger partial charge in [-0.15, -0.1) is 0 Å². The molecule has 2 aromatic heterocycles. The van der Waals surface area contributed by atoms with Gasteiger partial charge in [-0.3, -0.25) is 9.59 Å². The number of hydrogen-bond donors (Lipinski definition) is 1. The molecule has 0 radical (unpaired) electrons. The molecule has 1 saturated carbocycles. The summed E-state index contributed by atoms with van der Waals surface area (Å²) in [6.45, 7) is 5.28. The monoisotopic (exact) mass is 396 g/mol. The van der Waals surface area contributed by atoms with E-state index in [-0.39, 0.29) is 16.9 Å². The molecule has 0 aromatic carbocycles. The Morgan fingerprint density at radius 2 is 2.14 bits per heavy atom. The minimum atomic E-state index is -0.149. The van der Waals surface area contributed by atoms with Crippen LogP contribution in [0.2, 0.25) is 0 Å². The van der Waals surface area contributed by atoms with Crippen LogP contribution in [0.5, 0.6) is 0 Å². The summed E-state index contributed by atoms with van der Waals surface area (Å²) in [6, 6.07) is 0. The first-order valence-electron chi connectivity index (χ1n) is 10.8. The lowest BCUT2D eigenvalue weighted by Crippen LogP contribution is -2.48. The largest absolute Gasteiger partial charge is 0.361 e. The zero-order valence-electron chi connectivity index (χ0n) is 17.2. The maximum atomic E-state index is 13.0. The average molecular weight is 396 g/mol. The number of aromatic nitrogens is 3. The van der Waals surface area contributed by atoms with Gasteiger partial charge in [0.1, 0.15) is 11.6 Å². The standard InChI is InChI=1S/C22H28N4O3/c1-13-16(14(2)29-25-13)6-7-18(27)26-11-3-9-22(12-26)10-8-17-19(22)23-20(15-4-5-15)24-21(17)28/h15H,3-12H2,1-2H3,(H,23,24,28). The number of rotatable bonds is 4. The summed E-state index contributed by atoms with van der Waals surface area (Å²) in [5.74, 6) is 2.25. The van der Waals surface area contributed by atoms with Gasteiger partial charge < -0.3 is 14.4 Å². The van der Waals surface area contributed by atoms with Crippen LogP contribution in [0.25, 0.3) is 0 Å². The maximum absolute atomic E-state index is 13.0. The molecule has 7 nitrogen and oxygen atoms in total. The lowest BCUT2D eigenvalue weighted by molar-refractivity contribution is -0.133. The van der Waals surface area contributed by atoms with Gasteiger partial charge in [0.2, 0.25) is 5.91 Å². The molecule has 1 N–H and O–H groups in total. The quantitative estimate of drug-likeness (QED) is 0.858. The van der Waals surface area contributed by atoms with Crippen LogP contribution in [0.3, 0.4) is 0 Å². The van der Waals surface area contributed by atoms with E-state index in [1.54, 1.807) is 0 Å². The maximum Gasteiger partial charge on any atom is 0.254 e. The predicted molar refractivity (Wildman–Crippen MR) is 107 cm³/mol. The van der Waals surface area contributed by atoms with E-state index < -0.39 is 0 Å². The Balaban J connectivity index is 1.35. The third kappa shape index (κ3) is 3.20. The number of amides is 1. The van der Waals surface area contributed by atoms with E-state index in [1.807, 2.05) is 18.7 Å². The molecule has 5 rings (SSSR count). The van der Waals surface area contributed by atoms with E-state index in [1.165, 1.54) is 0 Å². The number of nitrogens with zero attached hydrogens (tertiary/aromatic N) is 3. The highest BCUT2D eigenvalue weighted by molar-refractivity contribution is 5.77. The molecule has 1 saturated heterocycles. The molecular weight excluding hydrogens is 368 g/mol. The first-order chi connectivity index (χ1) is 14.0. The van der Waals surface area contributed by atoms with Crippen molar-refractivity contribution in [3.8, 4) is 0 Å². The molecule has 3 heterocycles. The highest BCUT2D eigenvalue weighted by atomic mass is 16.5. The van der Waals surface area contributed by atoms with Crippen molar-refractivity contribution in [2.75, 3.05) is 13.1 Å². The Bertz CT molecular complexity index is 1000. The minimum absolute atomic E-state index is 0.0376. The molecule has 2 fully saturated rings. The molecule has 0 bridgehead atoms. The van der Waals surface area contributed by atoms with Gasteiger partial charge in [0.05, 0.1) is 11.4 Å². The Hall–Kier alpha value is -2.44.